The van der Waals surface area contributed by atoms with E-state index in [1.165, 1.54) is 6.33 Å². The number of halogens is 5. The largest absolute Gasteiger partial charge is 0.444 e. The highest BCUT2D eigenvalue weighted by Crippen LogP contribution is 2.30. The van der Waals surface area contributed by atoms with Gasteiger partial charge in [-0.1, -0.05) is 34.8 Å². The number of nitrogens with one attached hydrogen (secondary N) is 1. The zero-order valence-electron chi connectivity index (χ0n) is 32.7. The zero-order chi connectivity index (χ0) is 39.2. The molecule has 0 aliphatic carbocycles. The van der Waals surface area contributed by atoms with E-state index < -0.39 is 5.60 Å². The summed E-state index contributed by atoms with van der Waals surface area (Å²) >= 11 is 17.6. The van der Waals surface area contributed by atoms with Crippen molar-refractivity contribution in [2.75, 3.05) is 65.7 Å². The molecule has 0 radical (unpaired) electrons. The highest BCUT2D eigenvalue weighted by molar-refractivity contribution is 6.29. The first kappa shape index (κ1) is 48.8. The van der Waals surface area contributed by atoms with Crippen LogP contribution >= 0.6 is 59.6 Å². The number of carbonyl (C=O) groups is 2. The summed E-state index contributed by atoms with van der Waals surface area (Å²) in [5, 5.41) is 4.88. The molecule has 19 heteroatoms. The Morgan fingerprint density at radius 3 is 1.42 bits per heavy atom. The summed E-state index contributed by atoms with van der Waals surface area (Å²) in [6.45, 7) is 13.9. The molecule has 1 amide bonds. The van der Waals surface area contributed by atoms with Crippen molar-refractivity contribution in [3.63, 3.8) is 0 Å². The number of hydrogen-bond donors (Lipinski definition) is 1. The van der Waals surface area contributed by atoms with Gasteiger partial charge in [-0.3, -0.25) is 9.69 Å². The maximum Gasteiger partial charge on any atom is 0.410 e. The molecule has 8 rings (SSSR count). The minimum Gasteiger partial charge on any atom is -0.444 e. The molecule has 0 saturated carbocycles. The van der Waals surface area contributed by atoms with Gasteiger partial charge in [-0.05, 0) is 104 Å². The van der Waals surface area contributed by atoms with Gasteiger partial charge < -0.3 is 24.4 Å². The molecule has 5 fully saturated rings. The molecule has 3 aromatic rings. The molecule has 0 spiro atoms. The smallest absolute Gasteiger partial charge is 0.410 e. The molecule has 3 aromatic heterocycles. The number of rotatable bonds is 4. The molecule has 0 unspecified atom stereocenters. The van der Waals surface area contributed by atoms with Gasteiger partial charge in [0.05, 0.1) is 19.3 Å². The van der Waals surface area contributed by atoms with Crippen molar-refractivity contribution in [2.24, 2.45) is 0 Å². The topological polar surface area (TPSA) is 158 Å². The predicted octanol–water partition coefficient (Wildman–Crippen LogP) is 6.98. The Balaban J connectivity index is 0.000000215. The molecule has 14 nitrogen and oxygen atoms in total. The van der Waals surface area contributed by atoms with Crippen LogP contribution in [0.5, 0.6) is 0 Å². The van der Waals surface area contributed by atoms with E-state index in [1.807, 2.05) is 32.9 Å². The van der Waals surface area contributed by atoms with E-state index in [1.54, 1.807) is 23.6 Å². The second kappa shape index (κ2) is 24.5. The van der Waals surface area contributed by atoms with Crippen LogP contribution in [0.3, 0.4) is 0 Å². The number of ketones is 1. The van der Waals surface area contributed by atoms with E-state index in [0.717, 1.165) is 95.0 Å². The van der Waals surface area contributed by atoms with Crippen LogP contribution < -0.4 is 5.32 Å². The lowest BCUT2D eigenvalue weighted by atomic mass is 9.92. The number of hydrogen-bond acceptors (Lipinski definition) is 13. The summed E-state index contributed by atoms with van der Waals surface area (Å²) in [7, 11) is 0. The standard InChI is InChI=1S/C14H20ClN3O2.C12H16ClN3O.C9H12ClN3.C3H4O2.2ClH/c1-14(2,3)20-13(19)18-6-4-10(5-7-18)11-8-12(15)17-9-16-11;13-12-5-11(14-8-15-12)9-1-3-16(4-2-9)10-6-17-7-10;10-9-5-8(12-6-13-9)7-1-3-11-4-2-7;4-3-1-5-2-3;;/h8-10H,4-7H2,1-3H3;5,8-10H,1-4,6-7H2;5-7,11H,1-4H2;1-2H2;2*1H. The average molecular weight is 894 g/mol. The summed E-state index contributed by atoms with van der Waals surface area (Å²) in [5.41, 5.74) is 2.68. The van der Waals surface area contributed by atoms with E-state index in [4.69, 9.17) is 44.3 Å². The van der Waals surface area contributed by atoms with Crippen LogP contribution in [-0.4, -0.2) is 129 Å². The molecule has 316 valence electrons. The Labute approximate surface area is 362 Å². The summed E-state index contributed by atoms with van der Waals surface area (Å²) < 4.78 is 15.1. The fourth-order valence-corrected chi connectivity index (χ4v) is 7.16. The second-order valence-corrected chi connectivity index (χ2v) is 16.3. The summed E-state index contributed by atoms with van der Waals surface area (Å²) in [4.78, 5) is 50.5. The van der Waals surface area contributed by atoms with E-state index in [0.29, 0.717) is 65.6 Å². The Morgan fingerprint density at radius 2 is 1.09 bits per heavy atom. The van der Waals surface area contributed by atoms with Crippen LogP contribution in [-0.2, 0) is 19.0 Å². The quantitative estimate of drug-likeness (QED) is 0.268. The molecule has 0 aromatic carbocycles. The first-order valence-electron chi connectivity index (χ1n) is 19.0. The van der Waals surface area contributed by atoms with Gasteiger partial charge in [0, 0.05) is 47.9 Å². The van der Waals surface area contributed by atoms with Gasteiger partial charge in [-0.2, -0.15) is 0 Å². The number of ether oxygens (including phenoxy) is 3. The highest BCUT2D eigenvalue weighted by Gasteiger charge is 2.31. The third-order valence-electron chi connectivity index (χ3n) is 9.90. The zero-order valence-corrected chi connectivity index (χ0v) is 36.6. The van der Waals surface area contributed by atoms with Crippen molar-refractivity contribution >= 4 is 71.5 Å². The van der Waals surface area contributed by atoms with Crippen molar-refractivity contribution in [2.45, 2.75) is 88.7 Å². The van der Waals surface area contributed by atoms with Gasteiger partial charge in [-0.25, -0.2) is 34.7 Å². The molecule has 5 aliphatic heterocycles. The fourth-order valence-electron chi connectivity index (χ4n) is 6.69. The van der Waals surface area contributed by atoms with Crippen LogP contribution in [0.4, 0.5) is 4.79 Å². The van der Waals surface area contributed by atoms with E-state index in [-0.39, 0.29) is 36.7 Å². The molecule has 1 N–H and O–H groups in total. The lowest BCUT2D eigenvalue weighted by Gasteiger charge is -2.41. The molecule has 57 heavy (non-hydrogen) atoms. The number of carbonyl (C=O) groups excluding carboxylic acids is 2. The molecular weight excluding hydrogens is 840 g/mol. The molecule has 5 saturated heterocycles. The summed E-state index contributed by atoms with van der Waals surface area (Å²) in [5.74, 6) is 1.63. The van der Waals surface area contributed by atoms with Crippen LogP contribution in [0, 0.1) is 0 Å². The maximum atomic E-state index is 12.0. The number of piperidine rings is 3. The van der Waals surface area contributed by atoms with Crippen LogP contribution in [0.2, 0.25) is 15.5 Å². The van der Waals surface area contributed by atoms with Crippen LogP contribution in [0.15, 0.2) is 37.2 Å². The molecule has 5 aliphatic rings. The minimum atomic E-state index is -0.450. The summed E-state index contributed by atoms with van der Waals surface area (Å²) in [6.07, 6.45) is 10.7. The molecule has 0 bridgehead atoms. The lowest BCUT2D eigenvalue weighted by Crippen LogP contribution is -2.51. The number of Topliss-reactive ketones (excluding diaryl/α,β-unsaturated/α-hetero) is 1. The minimum absolute atomic E-state index is 0. The monoisotopic (exact) mass is 891 g/mol. The highest BCUT2D eigenvalue weighted by atomic mass is 35.5. The van der Waals surface area contributed by atoms with Crippen molar-refractivity contribution in [1.29, 1.82) is 0 Å². The Hall–Kier alpha value is -2.53. The Bertz CT molecular complexity index is 1660. The van der Waals surface area contributed by atoms with Crippen molar-refractivity contribution in [3.8, 4) is 0 Å². The van der Waals surface area contributed by atoms with Crippen LogP contribution in [0.25, 0.3) is 0 Å². The normalized spacial score (nSPS) is 19.3. The van der Waals surface area contributed by atoms with Gasteiger partial charge >= 0.3 is 6.09 Å². The third-order valence-corrected chi connectivity index (χ3v) is 10.5. The number of likely N-dealkylation sites (tertiary alicyclic amines) is 2. The van der Waals surface area contributed by atoms with E-state index in [2.05, 4.69) is 44.9 Å². The van der Waals surface area contributed by atoms with E-state index >= 15 is 0 Å². The predicted molar refractivity (Wildman–Crippen MR) is 224 cm³/mol. The van der Waals surface area contributed by atoms with Crippen LogP contribution in [0.1, 0.15) is 94.1 Å². The van der Waals surface area contributed by atoms with Gasteiger partial charge in [-0.15, -0.1) is 24.8 Å². The van der Waals surface area contributed by atoms with Crippen molar-refractivity contribution < 1.29 is 23.8 Å². The number of aromatic nitrogens is 6. The average Bonchev–Trinajstić information content (AvgIpc) is 3.14. The Morgan fingerprint density at radius 1 is 0.684 bits per heavy atom. The maximum absolute atomic E-state index is 12.0. The van der Waals surface area contributed by atoms with Gasteiger partial charge in [0.1, 0.15) is 53.3 Å². The first-order chi connectivity index (χ1) is 26.4. The van der Waals surface area contributed by atoms with E-state index in [9.17, 15) is 9.59 Å². The van der Waals surface area contributed by atoms with Crippen molar-refractivity contribution in [1.82, 2.24) is 45.0 Å². The molecular formula is C38H54Cl5N9O5. The number of nitrogens with zero attached hydrogens (tertiary/aromatic N) is 8. The van der Waals surface area contributed by atoms with Gasteiger partial charge in [0.2, 0.25) is 0 Å². The van der Waals surface area contributed by atoms with Gasteiger partial charge in [0.25, 0.3) is 0 Å². The lowest BCUT2D eigenvalue weighted by molar-refractivity contribution is -0.140. The summed E-state index contributed by atoms with van der Waals surface area (Å²) in [6, 6.07) is 6.23. The van der Waals surface area contributed by atoms with Crippen molar-refractivity contribution in [3.05, 3.63) is 69.7 Å². The van der Waals surface area contributed by atoms with Gasteiger partial charge in [0.15, 0.2) is 5.78 Å². The third kappa shape index (κ3) is 16.6. The number of amides is 1. The second-order valence-electron chi connectivity index (χ2n) is 15.1. The SMILES string of the molecule is CC(C)(C)OC(=O)N1CCC(c2cc(Cl)ncn2)CC1.Cl.Cl.Clc1cc(C2CCN(C3COC3)CC2)ncn1.Clc1cc(C2CCNCC2)ncn1.O=C1COC1. The first-order valence-corrected chi connectivity index (χ1v) is 20.1. The molecule has 0 atom stereocenters. The molecule has 8 heterocycles. The fraction of sp³-hybridized carbons (Fsp3) is 0.632. The Kier molecular flexibility index (Phi) is 21.0.